The zero-order chi connectivity index (χ0) is 14.5. The molecule has 1 aromatic rings. The number of nitrogens with one attached hydrogen (secondary N) is 1. The summed E-state index contributed by atoms with van der Waals surface area (Å²) in [5.41, 5.74) is 3.88. The van der Waals surface area contributed by atoms with Crippen LogP contribution in [0.3, 0.4) is 0 Å². The highest BCUT2D eigenvalue weighted by atomic mass is 16.2. The number of likely N-dealkylation sites (tertiary alicyclic amines) is 1. The molecule has 1 atom stereocenters. The topological polar surface area (TPSA) is 32.3 Å². The SMILES string of the molecule is CNCC1CCN(C(=O)CCc2ccc(C)cc2C)C1. The van der Waals surface area contributed by atoms with Crippen LogP contribution in [0.4, 0.5) is 0 Å². The van der Waals surface area contributed by atoms with Crippen LogP contribution in [0.2, 0.25) is 0 Å². The smallest absolute Gasteiger partial charge is 0.222 e. The number of amides is 1. The Bertz CT molecular complexity index is 470. The van der Waals surface area contributed by atoms with Crippen molar-refractivity contribution >= 4 is 5.91 Å². The molecule has 110 valence electrons. The summed E-state index contributed by atoms with van der Waals surface area (Å²) in [7, 11) is 1.98. The van der Waals surface area contributed by atoms with Crippen LogP contribution in [0.15, 0.2) is 18.2 Å². The molecule has 0 radical (unpaired) electrons. The van der Waals surface area contributed by atoms with E-state index in [0.29, 0.717) is 18.2 Å². The lowest BCUT2D eigenvalue weighted by Gasteiger charge is -2.17. The summed E-state index contributed by atoms with van der Waals surface area (Å²) in [6.07, 6.45) is 2.63. The minimum atomic E-state index is 0.309. The summed E-state index contributed by atoms with van der Waals surface area (Å²) in [4.78, 5) is 14.3. The molecule has 2 rings (SSSR count). The number of benzene rings is 1. The molecule has 3 heteroatoms. The van der Waals surface area contributed by atoms with Crippen molar-refractivity contribution in [2.24, 2.45) is 5.92 Å². The number of hydrogen-bond acceptors (Lipinski definition) is 2. The van der Waals surface area contributed by atoms with Gasteiger partial charge < -0.3 is 10.2 Å². The third kappa shape index (κ3) is 3.83. The number of carbonyl (C=O) groups excluding carboxylic acids is 1. The van der Waals surface area contributed by atoms with Crippen LogP contribution in [-0.4, -0.2) is 37.5 Å². The van der Waals surface area contributed by atoms with Crippen LogP contribution in [0.25, 0.3) is 0 Å². The fraction of sp³-hybridized carbons (Fsp3) is 0.588. The van der Waals surface area contributed by atoms with Crippen molar-refractivity contribution in [1.29, 1.82) is 0 Å². The molecule has 0 saturated carbocycles. The molecule has 0 bridgehead atoms. The van der Waals surface area contributed by atoms with Crippen molar-refractivity contribution in [1.82, 2.24) is 10.2 Å². The maximum Gasteiger partial charge on any atom is 0.222 e. The molecular weight excluding hydrogens is 248 g/mol. The number of nitrogens with zero attached hydrogens (tertiary/aromatic N) is 1. The van der Waals surface area contributed by atoms with Gasteiger partial charge in [-0.25, -0.2) is 0 Å². The first kappa shape index (κ1) is 15.0. The van der Waals surface area contributed by atoms with Crippen LogP contribution >= 0.6 is 0 Å². The molecule has 1 amide bonds. The fourth-order valence-electron chi connectivity index (χ4n) is 3.04. The van der Waals surface area contributed by atoms with Crippen molar-refractivity contribution in [2.45, 2.75) is 33.1 Å². The normalized spacial score (nSPS) is 18.6. The lowest BCUT2D eigenvalue weighted by molar-refractivity contribution is -0.130. The van der Waals surface area contributed by atoms with Crippen molar-refractivity contribution in [2.75, 3.05) is 26.7 Å². The average Bonchev–Trinajstić information content (AvgIpc) is 2.86. The van der Waals surface area contributed by atoms with Crippen LogP contribution in [-0.2, 0) is 11.2 Å². The minimum absolute atomic E-state index is 0.309. The Morgan fingerprint density at radius 3 is 2.90 bits per heavy atom. The van der Waals surface area contributed by atoms with E-state index in [4.69, 9.17) is 0 Å². The van der Waals surface area contributed by atoms with Gasteiger partial charge in [-0.15, -0.1) is 0 Å². The Balaban J connectivity index is 1.83. The first-order chi connectivity index (χ1) is 9.60. The van der Waals surface area contributed by atoms with Gasteiger partial charge in [0.1, 0.15) is 0 Å². The number of aryl methyl sites for hydroxylation is 3. The Kier molecular flexibility index (Phi) is 5.18. The van der Waals surface area contributed by atoms with Crippen molar-refractivity contribution in [3.63, 3.8) is 0 Å². The molecule has 3 nitrogen and oxygen atoms in total. The van der Waals surface area contributed by atoms with E-state index in [1.807, 2.05) is 11.9 Å². The zero-order valence-corrected chi connectivity index (χ0v) is 12.9. The molecule has 1 aliphatic heterocycles. The predicted octanol–water partition coefficient (Wildman–Crippen LogP) is 2.30. The van der Waals surface area contributed by atoms with Crippen molar-refractivity contribution in [3.8, 4) is 0 Å². The average molecular weight is 274 g/mol. The first-order valence-corrected chi connectivity index (χ1v) is 7.58. The summed E-state index contributed by atoms with van der Waals surface area (Å²) in [6.45, 7) is 7.10. The van der Waals surface area contributed by atoms with Gasteiger partial charge in [-0.1, -0.05) is 23.8 Å². The molecular formula is C17H26N2O. The molecule has 1 unspecified atom stereocenters. The Labute approximate surface area is 122 Å². The summed E-state index contributed by atoms with van der Waals surface area (Å²) in [6, 6.07) is 6.48. The van der Waals surface area contributed by atoms with Gasteiger partial charge >= 0.3 is 0 Å². The Hall–Kier alpha value is -1.35. The standard InChI is InChI=1S/C17H26N2O/c1-13-4-5-16(14(2)10-13)6-7-17(20)19-9-8-15(12-19)11-18-3/h4-5,10,15,18H,6-9,11-12H2,1-3H3. The first-order valence-electron chi connectivity index (χ1n) is 7.58. The molecule has 1 heterocycles. The Morgan fingerprint density at radius 1 is 1.40 bits per heavy atom. The number of carbonyl (C=O) groups is 1. The maximum absolute atomic E-state index is 12.3. The van der Waals surface area contributed by atoms with E-state index in [9.17, 15) is 4.79 Å². The maximum atomic E-state index is 12.3. The van der Waals surface area contributed by atoms with E-state index in [-0.39, 0.29) is 0 Å². The lowest BCUT2D eigenvalue weighted by Crippen LogP contribution is -2.30. The van der Waals surface area contributed by atoms with E-state index in [1.54, 1.807) is 0 Å². The van der Waals surface area contributed by atoms with Gasteiger partial charge in [-0.2, -0.15) is 0 Å². The zero-order valence-electron chi connectivity index (χ0n) is 12.9. The van der Waals surface area contributed by atoms with Crippen LogP contribution in [0.5, 0.6) is 0 Å². The third-order valence-corrected chi connectivity index (χ3v) is 4.24. The highest BCUT2D eigenvalue weighted by Gasteiger charge is 2.25. The van der Waals surface area contributed by atoms with E-state index in [1.165, 1.54) is 16.7 Å². The predicted molar refractivity (Wildman–Crippen MR) is 82.9 cm³/mol. The quantitative estimate of drug-likeness (QED) is 0.893. The molecule has 0 aliphatic carbocycles. The van der Waals surface area contributed by atoms with Gasteiger partial charge in [0.25, 0.3) is 0 Å². The van der Waals surface area contributed by atoms with Crippen LogP contribution in [0.1, 0.15) is 29.5 Å². The molecule has 0 aromatic heterocycles. The molecule has 1 N–H and O–H groups in total. The molecule has 0 spiro atoms. The highest BCUT2D eigenvalue weighted by Crippen LogP contribution is 2.18. The van der Waals surface area contributed by atoms with Crippen molar-refractivity contribution < 1.29 is 4.79 Å². The van der Waals surface area contributed by atoms with Gasteiger partial charge in [0.05, 0.1) is 0 Å². The van der Waals surface area contributed by atoms with E-state index < -0.39 is 0 Å². The van der Waals surface area contributed by atoms with Gasteiger partial charge in [-0.3, -0.25) is 4.79 Å². The number of hydrogen-bond donors (Lipinski definition) is 1. The fourth-order valence-corrected chi connectivity index (χ4v) is 3.04. The molecule has 1 fully saturated rings. The lowest BCUT2D eigenvalue weighted by atomic mass is 10.0. The molecule has 20 heavy (non-hydrogen) atoms. The summed E-state index contributed by atoms with van der Waals surface area (Å²) >= 11 is 0. The van der Waals surface area contributed by atoms with Crippen molar-refractivity contribution in [3.05, 3.63) is 34.9 Å². The van der Waals surface area contributed by atoms with Crippen LogP contribution < -0.4 is 5.32 Å². The minimum Gasteiger partial charge on any atom is -0.342 e. The molecule has 1 aliphatic rings. The third-order valence-electron chi connectivity index (χ3n) is 4.24. The van der Waals surface area contributed by atoms with E-state index in [0.717, 1.165) is 32.5 Å². The second-order valence-corrected chi connectivity index (χ2v) is 5.98. The number of rotatable bonds is 5. The van der Waals surface area contributed by atoms with E-state index >= 15 is 0 Å². The van der Waals surface area contributed by atoms with Gasteiger partial charge in [0.2, 0.25) is 5.91 Å². The second-order valence-electron chi connectivity index (χ2n) is 5.98. The second kappa shape index (κ2) is 6.89. The highest BCUT2D eigenvalue weighted by molar-refractivity contribution is 5.76. The molecule has 1 saturated heterocycles. The summed E-state index contributed by atoms with van der Waals surface area (Å²) < 4.78 is 0. The van der Waals surface area contributed by atoms with Gasteiger partial charge in [0, 0.05) is 19.5 Å². The molecule has 1 aromatic carbocycles. The summed E-state index contributed by atoms with van der Waals surface area (Å²) in [5, 5.41) is 3.20. The summed E-state index contributed by atoms with van der Waals surface area (Å²) in [5.74, 6) is 0.939. The van der Waals surface area contributed by atoms with E-state index in [2.05, 4.69) is 37.4 Å². The largest absolute Gasteiger partial charge is 0.342 e. The Morgan fingerprint density at radius 2 is 2.20 bits per heavy atom. The monoisotopic (exact) mass is 274 g/mol. The van der Waals surface area contributed by atoms with Gasteiger partial charge in [-0.05, 0) is 57.3 Å². The van der Waals surface area contributed by atoms with Gasteiger partial charge in [0.15, 0.2) is 0 Å². The van der Waals surface area contributed by atoms with Crippen LogP contribution in [0, 0.1) is 19.8 Å².